The molecule has 1 aromatic heterocycles. The van der Waals surface area contributed by atoms with Gasteiger partial charge in [-0.2, -0.15) is 5.10 Å². The first-order valence-electron chi connectivity index (χ1n) is 5.42. The molecular formula is C13H14N2O2S. The highest BCUT2D eigenvalue weighted by Crippen LogP contribution is 2.26. The van der Waals surface area contributed by atoms with Gasteiger partial charge in [0.15, 0.2) is 11.4 Å². The first-order valence-corrected chi connectivity index (χ1v) is 6.65. The first-order chi connectivity index (χ1) is 8.69. The molecule has 5 heteroatoms. The summed E-state index contributed by atoms with van der Waals surface area (Å²) in [5, 5.41) is 4.05. The van der Waals surface area contributed by atoms with Crippen LogP contribution in [0.3, 0.4) is 0 Å². The summed E-state index contributed by atoms with van der Waals surface area (Å²) >= 11 is 1.55. The summed E-state index contributed by atoms with van der Waals surface area (Å²) in [4.78, 5) is 13.5. The average molecular weight is 262 g/mol. The van der Waals surface area contributed by atoms with Crippen LogP contribution >= 0.6 is 11.8 Å². The molecule has 1 heterocycles. The summed E-state index contributed by atoms with van der Waals surface area (Å²) in [6, 6.07) is 7.53. The maximum Gasteiger partial charge on any atom is 0.215 e. The lowest BCUT2D eigenvalue weighted by molar-refractivity contribution is 0.102. The van der Waals surface area contributed by atoms with Crippen molar-refractivity contribution >= 4 is 17.5 Å². The largest absolute Gasteiger partial charge is 0.493 e. The molecule has 0 bridgehead atoms. The van der Waals surface area contributed by atoms with E-state index < -0.39 is 0 Å². The van der Waals surface area contributed by atoms with Gasteiger partial charge in [0.1, 0.15) is 0 Å². The van der Waals surface area contributed by atoms with Gasteiger partial charge in [0, 0.05) is 17.5 Å². The van der Waals surface area contributed by atoms with E-state index in [1.165, 1.54) is 11.8 Å². The van der Waals surface area contributed by atoms with Crippen LogP contribution in [0.5, 0.6) is 5.75 Å². The first kappa shape index (κ1) is 12.7. The minimum absolute atomic E-state index is 0.0724. The summed E-state index contributed by atoms with van der Waals surface area (Å²) in [7, 11) is 3.27. The third kappa shape index (κ3) is 2.13. The molecule has 94 valence electrons. The molecule has 0 atom stereocenters. The van der Waals surface area contributed by atoms with Crippen LogP contribution in [0.15, 0.2) is 35.4 Å². The van der Waals surface area contributed by atoms with Crippen molar-refractivity contribution in [2.75, 3.05) is 13.4 Å². The van der Waals surface area contributed by atoms with Gasteiger partial charge < -0.3 is 4.74 Å². The SMILES string of the molecule is COc1cnn(C)c1C(=O)c1ccccc1SC. The highest BCUT2D eigenvalue weighted by molar-refractivity contribution is 7.98. The second-order valence-electron chi connectivity index (χ2n) is 3.71. The summed E-state index contributed by atoms with van der Waals surface area (Å²) in [6.07, 6.45) is 3.50. The highest BCUT2D eigenvalue weighted by Gasteiger charge is 2.21. The fraction of sp³-hybridized carbons (Fsp3) is 0.231. The fourth-order valence-electron chi connectivity index (χ4n) is 1.79. The van der Waals surface area contributed by atoms with E-state index in [2.05, 4.69) is 5.10 Å². The molecule has 0 aliphatic rings. The summed E-state index contributed by atoms with van der Waals surface area (Å²) in [6.45, 7) is 0. The second-order valence-corrected chi connectivity index (χ2v) is 4.56. The van der Waals surface area contributed by atoms with Gasteiger partial charge in [-0.1, -0.05) is 12.1 Å². The third-order valence-corrected chi connectivity index (χ3v) is 3.49. The zero-order chi connectivity index (χ0) is 13.1. The molecule has 0 spiro atoms. The van der Waals surface area contributed by atoms with Crippen LogP contribution in [-0.4, -0.2) is 28.9 Å². The number of nitrogens with zero attached hydrogens (tertiary/aromatic N) is 2. The van der Waals surface area contributed by atoms with Crippen molar-refractivity contribution in [2.24, 2.45) is 7.05 Å². The van der Waals surface area contributed by atoms with Gasteiger partial charge in [0.05, 0.1) is 13.3 Å². The number of aryl methyl sites for hydroxylation is 1. The lowest BCUT2D eigenvalue weighted by atomic mass is 10.1. The van der Waals surface area contributed by atoms with E-state index in [0.29, 0.717) is 17.0 Å². The predicted octanol–water partition coefficient (Wildman–Crippen LogP) is 2.38. The van der Waals surface area contributed by atoms with Crippen molar-refractivity contribution in [3.63, 3.8) is 0 Å². The van der Waals surface area contributed by atoms with Gasteiger partial charge >= 0.3 is 0 Å². The number of hydrogen-bond donors (Lipinski definition) is 0. The van der Waals surface area contributed by atoms with Crippen LogP contribution in [0.25, 0.3) is 0 Å². The van der Waals surface area contributed by atoms with Crippen LogP contribution in [-0.2, 0) is 7.05 Å². The number of ketones is 1. The minimum atomic E-state index is -0.0724. The highest BCUT2D eigenvalue weighted by atomic mass is 32.2. The Kier molecular flexibility index (Phi) is 3.72. The van der Waals surface area contributed by atoms with Crippen LogP contribution in [0.4, 0.5) is 0 Å². The molecule has 18 heavy (non-hydrogen) atoms. The van der Waals surface area contributed by atoms with Crippen LogP contribution in [0, 0.1) is 0 Å². The Hall–Kier alpha value is -1.75. The van der Waals surface area contributed by atoms with Crippen LogP contribution in [0.1, 0.15) is 16.1 Å². The Balaban J connectivity index is 2.51. The normalized spacial score (nSPS) is 10.4. The predicted molar refractivity (Wildman–Crippen MR) is 71.4 cm³/mol. The van der Waals surface area contributed by atoms with Gasteiger partial charge in [-0.15, -0.1) is 11.8 Å². The zero-order valence-electron chi connectivity index (χ0n) is 10.5. The van der Waals surface area contributed by atoms with Crippen molar-refractivity contribution in [2.45, 2.75) is 4.90 Å². The van der Waals surface area contributed by atoms with E-state index in [1.807, 2.05) is 30.5 Å². The smallest absolute Gasteiger partial charge is 0.215 e. The van der Waals surface area contributed by atoms with Crippen molar-refractivity contribution in [1.82, 2.24) is 9.78 Å². The second kappa shape index (κ2) is 5.27. The molecular weight excluding hydrogens is 248 g/mol. The number of ether oxygens (including phenoxy) is 1. The van der Waals surface area contributed by atoms with E-state index >= 15 is 0 Å². The minimum Gasteiger partial charge on any atom is -0.493 e. The Morgan fingerprint density at radius 2 is 2.11 bits per heavy atom. The number of benzene rings is 1. The molecule has 0 unspecified atom stereocenters. The molecule has 0 aliphatic carbocycles. The number of rotatable bonds is 4. The summed E-state index contributed by atoms with van der Waals surface area (Å²) < 4.78 is 6.71. The van der Waals surface area contributed by atoms with E-state index in [-0.39, 0.29) is 5.78 Å². The summed E-state index contributed by atoms with van der Waals surface area (Å²) in [5.41, 5.74) is 1.14. The lowest BCUT2D eigenvalue weighted by Crippen LogP contribution is -2.10. The van der Waals surface area contributed by atoms with Gasteiger partial charge in [0.2, 0.25) is 5.78 Å². The maximum absolute atomic E-state index is 12.5. The van der Waals surface area contributed by atoms with Crippen molar-refractivity contribution in [3.05, 3.63) is 41.7 Å². The van der Waals surface area contributed by atoms with Gasteiger partial charge in [-0.3, -0.25) is 9.48 Å². The Morgan fingerprint density at radius 3 is 2.78 bits per heavy atom. The number of hydrogen-bond acceptors (Lipinski definition) is 4. The number of carbonyl (C=O) groups is 1. The van der Waals surface area contributed by atoms with E-state index in [1.54, 1.807) is 25.0 Å². The van der Waals surface area contributed by atoms with Gasteiger partial charge in [-0.25, -0.2) is 0 Å². The number of methoxy groups -OCH3 is 1. The fourth-order valence-corrected chi connectivity index (χ4v) is 2.38. The maximum atomic E-state index is 12.5. The molecule has 2 aromatic rings. The molecule has 0 aliphatic heterocycles. The lowest BCUT2D eigenvalue weighted by Gasteiger charge is -2.07. The molecule has 4 nitrogen and oxygen atoms in total. The number of carbonyl (C=O) groups excluding carboxylic acids is 1. The van der Waals surface area contributed by atoms with Crippen LogP contribution in [0.2, 0.25) is 0 Å². The van der Waals surface area contributed by atoms with E-state index in [9.17, 15) is 4.79 Å². The molecule has 0 saturated heterocycles. The van der Waals surface area contributed by atoms with Crippen molar-refractivity contribution < 1.29 is 9.53 Å². The molecule has 2 rings (SSSR count). The van der Waals surface area contributed by atoms with Crippen molar-refractivity contribution in [1.29, 1.82) is 0 Å². The van der Waals surface area contributed by atoms with Crippen LogP contribution < -0.4 is 4.74 Å². The monoisotopic (exact) mass is 262 g/mol. The van der Waals surface area contributed by atoms with Gasteiger partial charge in [0.25, 0.3) is 0 Å². The van der Waals surface area contributed by atoms with E-state index in [0.717, 1.165) is 4.90 Å². The third-order valence-electron chi connectivity index (χ3n) is 2.69. The van der Waals surface area contributed by atoms with Crippen molar-refractivity contribution in [3.8, 4) is 5.75 Å². The Labute approximate surface area is 110 Å². The number of thioether (sulfide) groups is 1. The van der Waals surface area contributed by atoms with E-state index in [4.69, 9.17) is 4.74 Å². The quantitative estimate of drug-likeness (QED) is 0.627. The topological polar surface area (TPSA) is 44.1 Å². The molecule has 0 amide bonds. The zero-order valence-corrected chi connectivity index (χ0v) is 11.3. The Morgan fingerprint density at radius 1 is 1.39 bits per heavy atom. The summed E-state index contributed by atoms with van der Waals surface area (Å²) in [5.74, 6) is 0.426. The standard InChI is InChI=1S/C13H14N2O2S/c1-15-12(10(17-2)8-14-15)13(16)9-6-4-5-7-11(9)18-3/h4-8H,1-3H3. The molecule has 0 radical (unpaired) electrons. The van der Waals surface area contributed by atoms with Gasteiger partial charge in [-0.05, 0) is 18.4 Å². The average Bonchev–Trinajstić information content (AvgIpc) is 2.79. The Bertz CT molecular complexity index is 578. The molecule has 0 N–H and O–H groups in total. The number of aromatic nitrogens is 2. The molecule has 0 fully saturated rings. The molecule has 0 saturated carbocycles. The molecule has 1 aromatic carbocycles.